The molecule has 7 heteroatoms. The van der Waals surface area contributed by atoms with E-state index in [-0.39, 0.29) is 12.4 Å². The Balaban J connectivity index is 1.67. The number of rotatable bonds is 7. The van der Waals surface area contributed by atoms with Gasteiger partial charge in [0.25, 0.3) is 0 Å². The summed E-state index contributed by atoms with van der Waals surface area (Å²) in [4.78, 5) is 0. The van der Waals surface area contributed by atoms with Crippen molar-refractivity contribution >= 4 is 10.0 Å². The summed E-state index contributed by atoms with van der Waals surface area (Å²) in [7, 11) is -0.229. The minimum Gasteiger partial charge on any atom is -0.493 e. The second-order valence-corrected chi connectivity index (χ2v) is 8.13. The molecule has 6 nitrogen and oxygen atoms in total. The predicted octanol–water partition coefficient (Wildman–Crippen LogP) is 2.47. The molecule has 0 aromatic heterocycles. The average Bonchev–Trinajstić information content (AvgIpc) is 2.67. The number of sulfonamides is 1. The van der Waals surface area contributed by atoms with Gasteiger partial charge < -0.3 is 14.2 Å². The highest BCUT2D eigenvalue weighted by Gasteiger charge is 2.27. The van der Waals surface area contributed by atoms with E-state index in [1.54, 1.807) is 14.2 Å². The number of nitrogens with zero attached hydrogens (tertiary/aromatic N) is 1. The van der Waals surface area contributed by atoms with Gasteiger partial charge in [0, 0.05) is 13.1 Å². The van der Waals surface area contributed by atoms with Gasteiger partial charge in [0.05, 0.1) is 20.0 Å². The molecule has 2 aromatic carbocycles. The van der Waals surface area contributed by atoms with Crippen LogP contribution in [0, 0.1) is 0 Å². The Hall–Kier alpha value is -2.25. The van der Waals surface area contributed by atoms with Crippen LogP contribution in [-0.2, 0) is 23.0 Å². The lowest BCUT2D eigenvalue weighted by molar-refractivity contribution is 0.330. The number of para-hydroxylation sites is 1. The number of benzene rings is 2. The Bertz CT molecular complexity index is 852. The van der Waals surface area contributed by atoms with Crippen LogP contribution in [0.5, 0.6) is 17.2 Å². The van der Waals surface area contributed by atoms with Gasteiger partial charge in [0.2, 0.25) is 10.0 Å². The van der Waals surface area contributed by atoms with Gasteiger partial charge in [-0.1, -0.05) is 18.2 Å². The molecular formula is C19H23NO5S. The lowest BCUT2D eigenvalue weighted by Gasteiger charge is -2.28. The second kappa shape index (κ2) is 7.97. The third-order valence-corrected chi connectivity index (χ3v) is 6.21. The molecule has 0 saturated heterocycles. The Morgan fingerprint density at radius 3 is 2.31 bits per heavy atom. The molecule has 0 N–H and O–H groups in total. The molecule has 0 atom stereocenters. The zero-order valence-corrected chi connectivity index (χ0v) is 15.8. The van der Waals surface area contributed by atoms with Crippen molar-refractivity contribution in [2.24, 2.45) is 0 Å². The maximum absolute atomic E-state index is 12.7. The minimum atomic E-state index is -3.40. The van der Waals surface area contributed by atoms with Gasteiger partial charge in [-0.15, -0.1) is 0 Å². The van der Waals surface area contributed by atoms with E-state index < -0.39 is 10.0 Å². The van der Waals surface area contributed by atoms with E-state index in [1.165, 1.54) is 4.31 Å². The summed E-state index contributed by atoms with van der Waals surface area (Å²) < 4.78 is 43.0. The number of hydrogen-bond acceptors (Lipinski definition) is 5. The fourth-order valence-corrected chi connectivity index (χ4v) is 4.26. The van der Waals surface area contributed by atoms with Crippen molar-refractivity contribution in [2.75, 3.05) is 33.1 Å². The van der Waals surface area contributed by atoms with Crippen molar-refractivity contribution in [1.29, 1.82) is 0 Å². The van der Waals surface area contributed by atoms with E-state index in [0.29, 0.717) is 36.8 Å². The van der Waals surface area contributed by atoms with Crippen molar-refractivity contribution < 1.29 is 22.6 Å². The van der Waals surface area contributed by atoms with Crippen LogP contribution in [0.25, 0.3) is 0 Å². The van der Waals surface area contributed by atoms with E-state index in [1.807, 2.05) is 42.5 Å². The van der Waals surface area contributed by atoms with Gasteiger partial charge in [0.15, 0.2) is 11.5 Å². The maximum atomic E-state index is 12.7. The molecule has 1 heterocycles. The molecule has 0 saturated carbocycles. The summed E-state index contributed by atoms with van der Waals surface area (Å²) in [5.41, 5.74) is 2.04. The molecule has 0 spiro atoms. The quantitative estimate of drug-likeness (QED) is 0.742. The summed E-state index contributed by atoms with van der Waals surface area (Å²) in [5, 5.41) is 0. The molecule has 0 amide bonds. The van der Waals surface area contributed by atoms with Crippen molar-refractivity contribution in [3.63, 3.8) is 0 Å². The number of ether oxygens (including phenoxy) is 3. The lowest BCUT2D eigenvalue weighted by atomic mass is 10.0. The molecule has 0 unspecified atom stereocenters. The molecule has 3 rings (SSSR count). The first-order chi connectivity index (χ1) is 12.5. The fraction of sp³-hybridized carbons (Fsp3) is 0.368. The third kappa shape index (κ3) is 4.11. The minimum absolute atomic E-state index is 0.0511. The summed E-state index contributed by atoms with van der Waals surface area (Å²) >= 11 is 0. The van der Waals surface area contributed by atoms with Crippen LogP contribution >= 0.6 is 0 Å². The fourth-order valence-electron chi connectivity index (χ4n) is 3.01. The van der Waals surface area contributed by atoms with Gasteiger partial charge in [-0.25, -0.2) is 8.42 Å². The van der Waals surface area contributed by atoms with Crippen molar-refractivity contribution in [1.82, 2.24) is 4.31 Å². The van der Waals surface area contributed by atoms with Gasteiger partial charge in [-0.05, 0) is 41.8 Å². The predicted molar refractivity (Wildman–Crippen MR) is 99.4 cm³/mol. The van der Waals surface area contributed by atoms with E-state index >= 15 is 0 Å². The normalized spacial score (nSPS) is 14.5. The van der Waals surface area contributed by atoms with E-state index in [4.69, 9.17) is 14.2 Å². The van der Waals surface area contributed by atoms with Gasteiger partial charge in [-0.3, -0.25) is 0 Å². The molecule has 0 bridgehead atoms. The first-order valence-electron chi connectivity index (χ1n) is 8.43. The van der Waals surface area contributed by atoms with Gasteiger partial charge in [0.1, 0.15) is 12.4 Å². The summed E-state index contributed by atoms with van der Waals surface area (Å²) in [5.74, 6) is 1.89. The molecule has 26 heavy (non-hydrogen) atoms. The first-order valence-corrected chi connectivity index (χ1v) is 10.0. The van der Waals surface area contributed by atoms with Crippen LogP contribution in [-0.4, -0.2) is 45.8 Å². The largest absolute Gasteiger partial charge is 0.493 e. The Kier molecular flexibility index (Phi) is 5.68. The van der Waals surface area contributed by atoms with E-state index in [9.17, 15) is 8.42 Å². The number of hydrogen-bond donors (Lipinski definition) is 0. The summed E-state index contributed by atoms with van der Waals surface area (Å²) in [6, 6.07) is 13.0. The SMILES string of the molecule is COc1cc2c(cc1OC)CN(S(=O)(=O)CCOc1ccccc1)CC2. The van der Waals surface area contributed by atoms with Crippen molar-refractivity contribution in [3.8, 4) is 17.2 Å². The molecule has 1 aliphatic rings. The zero-order valence-electron chi connectivity index (χ0n) is 15.0. The van der Waals surface area contributed by atoms with E-state index in [0.717, 1.165) is 11.1 Å². The number of fused-ring (bicyclic) bond motifs is 1. The highest BCUT2D eigenvalue weighted by atomic mass is 32.2. The molecule has 0 radical (unpaired) electrons. The van der Waals surface area contributed by atoms with Crippen molar-refractivity contribution in [3.05, 3.63) is 53.6 Å². The highest BCUT2D eigenvalue weighted by Crippen LogP contribution is 2.33. The molecule has 0 aliphatic carbocycles. The van der Waals surface area contributed by atoms with Crippen LogP contribution in [0.3, 0.4) is 0 Å². The van der Waals surface area contributed by atoms with Crippen LogP contribution < -0.4 is 14.2 Å². The van der Waals surface area contributed by atoms with Crippen LogP contribution in [0.15, 0.2) is 42.5 Å². The van der Waals surface area contributed by atoms with Crippen LogP contribution in [0.4, 0.5) is 0 Å². The topological polar surface area (TPSA) is 65.1 Å². The maximum Gasteiger partial charge on any atom is 0.217 e. The third-order valence-electron chi connectivity index (χ3n) is 4.43. The molecule has 0 fully saturated rings. The Morgan fingerprint density at radius 2 is 1.65 bits per heavy atom. The highest BCUT2D eigenvalue weighted by molar-refractivity contribution is 7.89. The zero-order chi connectivity index (χ0) is 18.6. The van der Waals surface area contributed by atoms with Crippen LogP contribution in [0.2, 0.25) is 0 Å². The summed E-state index contributed by atoms with van der Waals surface area (Å²) in [6.45, 7) is 0.918. The molecule has 1 aliphatic heterocycles. The Morgan fingerprint density at radius 1 is 1.00 bits per heavy atom. The Labute approximate surface area is 154 Å². The second-order valence-electron chi connectivity index (χ2n) is 6.04. The molecule has 140 valence electrons. The van der Waals surface area contributed by atoms with Crippen LogP contribution in [0.1, 0.15) is 11.1 Å². The average molecular weight is 377 g/mol. The monoisotopic (exact) mass is 377 g/mol. The first kappa shape index (κ1) is 18.5. The summed E-state index contributed by atoms with van der Waals surface area (Å²) in [6.07, 6.45) is 0.647. The van der Waals surface area contributed by atoms with Gasteiger partial charge >= 0.3 is 0 Å². The van der Waals surface area contributed by atoms with Gasteiger partial charge in [-0.2, -0.15) is 4.31 Å². The smallest absolute Gasteiger partial charge is 0.217 e. The number of methoxy groups -OCH3 is 2. The lowest BCUT2D eigenvalue weighted by Crippen LogP contribution is -2.38. The van der Waals surface area contributed by atoms with Crippen molar-refractivity contribution in [2.45, 2.75) is 13.0 Å². The van der Waals surface area contributed by atoms with E-state index in [2.05, 4.69) is 0 Å². The molecule has 2 aromatic rings. The molecular weight excluding hydrogens is 354 g/mol. The standard InChI is InChI=1S/C19H23NO5S/c1-23-18-12-15-8-9-20(14-16(15)13-19(18)24-2)26(21,22)11-10-25-17-6-4-3-5-7-17/h3-7,12-13H,8-11,14H2,1-2H3.